The molecule has 17 heavy (non-hydrogen) atoms. The van der Waals surface area contributed by atoms with Gasteiger partial charge in [0.1, 0.15) is 11.0 Å². The molecule has 0 spiro atoms. The standard InChI is InChI=1S/C14H19NOS/c1-14(2,3)17(16)15-13(12-9-10-12)11-7-5-4-6-8-11/h4-8,12H,9-10H2,1-3H3/b15-13+/t17-/m0/s1. The summed E-state index contributed by atoms with van der Waals surface area (Å²) in [5.41, 5.74) is 2.14. The van der Waals surface area contributed by atoms with Gasteiger partial charge in [-0.2, -0.15) is 4.40 Å². The minimum atomic E-state index is -1.16. The zero-order valence-corrected chi connectivity index (χ0v) is 11.5. The van der Waals surface area contributed by atoms with Gasteiger partial charge >= 0.3 is 0 Å². The third kappa shape index (κ3) is 3.25. The summed E-state index contributed by atoms with van der Waals surface area (Å²) in [6.07, 6.45) is 2.35. The maximum Gasteiger partial charge on any atom is 0.145 e. The maximum atomic E-state index is 12.1. The van der Waals surface area contributed by atoms with Gasteiger partial charge in [-0.05, 0) is 39.2 Å². The molecule has 0 radical (unpaired) electrons. The molecule has 2 nitrogen and oxygen atoms in total. The molecule has 2 rings (SSSR count). The molecule has 0 bridgehead atoms. The zero-order chi connectivity index (χ0) is 12.5. The summed E-state index contributed by atoms with van der Waals surface area (Å²) >= 11 is 0. The van der Waals surface area contributed by atoms with E-state index >= 15 is 0 Å². The smallest absolute Gasteiger partial charge is 0.145 e. The van der Waals surface area contributed by atoms with Gasteiger partial charge in [0.05, 0.1) is 10.5 Å². The minimum Gasteiger partial charge on any atom is -0.234 e. The molecule has 0 aromatic heterocycles. The fourth-order valence-corrected chi connectivity index (χ4v) is 2.26. The van der Waals surface area contributed by atoms with Gasteiger partial charge in [0.25, 0.3) is 0 Å². The first-order chi connectivity index (χ1) is 7.98. The summed E-state index contributed by atoms with van der Waals surface area (Å²) in [5, 5.41) is 0. The largest absolute Gasteiger partial charge is 0.234 e. The Labute approximate surface area is 106 Å². The second kappa shape index (κ2) is 4.73. The maximum absolute atomic E-state index is 12.1. The van der Waals surface area contributed by atoms with E-state index in [0.717, 1.165) is 11.3 Å². The van der Waals surface area contributed by atoms with E-state index in [1.54, 1.807) is 0 Å². The summed E-state index contributed by atoms with van der Waals surface area (Å²) in [7, 11) is -1.16. The fraction of sp³-hybridized carbons (Fsp3) is 0.500. The normalized spacial score (nSPS) is 19.1. The summed E-state index contributed by atoms with van der Waals surface area (Å²) in [4.78, 5) is 0. The highest BCUT2D eigenvalue weighted by molar-refractivity contribution is 7.85. The third-order valence-corrected chi connectivity index (χ3v) is 4.15. The van der Waals surface area contributed by atoms with Crippen molar-refractivity contribution in [1.82, 2.24) is 0 Å². The Bertz CT molecular complexity index is 441. The molecule has 0 saturated heterocycles. The van der Waals surface area contributed by atoms with Crippen LogP contribution < -0.4 is 0 Å². The minimum absolute atomic E-state index is 0.283. The lowest BCUT2D eigenvalue weighted by atomic mass is 10.1. The highest BCUT2D eigenvalue weighted by atomic mass is 32.2. The molecule has 1 aromatic rings. The van der Waals surface area contributed by atoms with Gasteiger partial charge in [-0.25, -0.2) is 4.21 Å². The van der Waals surface area contributed by atoms with Crippen molar-refractivity contribution in [3.63, 3.8) is 0 Å². The SMILES string of the molecule is CC(C)(C)[S@](=O)/N=C(\c1ccccc1)C1CC1. The number of rotatable bonds is 3. The van der Waals surface area contributed by atoms with Crippen molar-refractivity contribution >= 4 is 16.7 Å². The zero-order valence-electron chi connectivity index (χ0n) is 10.6. The first-order valence-electron chi connectivity index (χ1n) is 6.04. The highest BCUT2D eigenvalue weighted by Gasteiger charge is 2.30. The lowest BCUT2D eigenvalue weighted by Crippen LogP contribution is -2.21. The molecule has 0 heterocycles. The van der Waals surface area contributed by atoms with E-state index in [4.69, 9.17) is 0 Å². The van der Waals surface area contributed by atoms with Crippen molar-refractivity contribution in [2.75, 3.05) is 0 Å². The van der Waals surface area contributed by atoms with Crippen molar-refractivity contribution < 1.29 is 4.21 Å². The molecule has 1 aliphatic rings. The van der Waals surface area contributed by atoms with Crippen LogP contribution in [0.3, 0.4) is 0 Å². The molecule has 3 heteroatoms. The first-order valence-corrected chi connectivity index (χ1v) is 7.15. The molecular weight excluding hydrogens is 230 g/mol. The third-order valence-electron chi connectivity index (χ3n) is 2.74. The van der Waals surface area contributed by atoms with E-state index in [-0.39, 0.29) is 4.75 Å². The summed E-state index contributed by atoms with van der Waals surface area (Å²) in [6, 6.07) is 10.1. The van der Waals surface area contributed by atoms with Gasteiger partial charge in [-0.3, -0.25) is 0 Å². The summed E-state index contributed by atoms with van der Waals surface area (Å²) < 4.78 is 16.3. The van der Waals surface area contributed by atoms with Crippen molar-refractivity contribution in [2.45, 2.75) is 38.4 Å². The fourth-order valence-electron chi connectivity index (χ4n) is 1.55. The lowest BCUT2D eigenvalue weighted by Gasteiger charge is -2.15. The van der Waals surface area contributed by atoms with E-state index in [1.165, 1.54) is 12.8 Å². The van der Waals surface area contributed by atoms with Crippen LogP contribution in [-0.4, -0.2) is 14.7 Å². The molecule has 1 aliphatic carbocycles. The molecule has 1 saturated carbocycles. The first kappa shape index (κ1) is 12.5. The van der Waals surface area contributed by atoms with E-state index in [2.05, 4.69) is 16.5 Å². The van der Waals surface area contributed by atoms with Gasteiger partial charge in [0.15, 0.2) is 0 Å². The molecule has 1 fully saturated rings. The Hall–Kier alpha value is -0.960. The van der Waals surface area contributed by atoms with Crippen LogP contribution in [-0.2, 0) is 11.0 Å². The van der Waals surface area contributed by atoms with Crippen molar-refractivity contribution in [3.8, 4) is 0 Å². The molecule has 1 atom stereocenters. The van der Waals surface area contributed by atoms with Crippen molar-refractivity contribution in [3.05, 3.63) is 35.9 Å². The second-order valence-corrected chi connectivity index (χ2v) is 7.38. The van der Waals surface area contributed by atoms with Crippen LogP contribution in [0.1, 0.15) is 39.2 Å². The Morgan fingerprint density at radius 2 is 1.82 bits per heavy atom. The molecule has 0 unspecified atom stereocenters. The van der Waals surface area contributed by atoms with Gasteiger partial charge in [-0.1, -0.05) is 30.3 Å². The van der Waals surface area contributed by atoms with Gasteiger partial charge in [0.2, 0.25) is 0 Å². The average molecular weight is 249 g/mol. The Morgan fingerprint density at radius 1 is 1.24 bits per heavy atom. The van der Waals surface area contributed by atoms with E-state index < -0.39 is 11.0 Å². The van der Waals surface area contributed by atoms with Gasteiger partial charge in [0, 0.05) is 5.92 Å². The van der Waals surface area contributed by atoms with Crippen LogP contribution in [0.5, 0.6) is 0 Å². The van der Waals surface area contributed by atoms with Crippen molar-refractivity contribution in [2.24, 2.45) is 10.3 Å². The number of hydrogen-bond donors (Lipinski definition) is 0. The van der Waals surface area contributed by atoms with Gasteiger partial charge < -0.3 is 0 Å². The van der Waals surface area contributed by atoms with Crippen LogP contribution >= 0.6 is 0 Å². The molecule has 0 amide bonds. The van der Waals surface area contributed by atoms with E-state index in [9.17, 15) is 4.21 Å². The second-order valence-electron chi connectivity index (χ2n) is 5.48. The van der Waals surface area contributed by atoms with E-state index in [0.29, 0.717) is 5.92 Å². The molecule has 92 valence electrons. The lowest BCUT2D eigenvalue weighted by molar-refractivity contribution is 0.650. The predicted octanol–water partition coefficient (Wildman–Crippen LogP) is 3.35. The summed E-state index contributed by atoms with van der Waals surface area (Å²) in [5.74, 6) is 0.517. The molecule has 0 N–H and O–H groups in total. The van der Waals surface area contributed by atoms with Gasteiger partial charge in [-0.15, -0.1) is 0 Å². The number of benzene rings is 1. The highest BCUT2D eigenvalue weighted by Crippen LogP contribution is 2.34. The Morgan fingerprint density at radius 3 is 2.29 bits per heavy atom. The molecule has 0 aliphatic heterocycles. The van der Waals surface area contributed by atoms with Crippen LogP contribution in [0.15, 0.2) is 34.7 Å². The molecular formula is C14H19NOS. The summed E-state index contributed by atoms with van der Waals surface area (Å²) in [6.45, 7) is 5.88. The quantitative estimate of drug-likeness (QED) is 0.755. The van der Waals surface area contributed by atoms with E-state index in [1.807, 2.05) is 39.0 Å². The molecule has 1 aromatic carbocycles. The number of nitrogens with zero attached hydrogens (tertiary/aromatic N) is 1. The number of hydrogen-bond acceptors (Lipinski definition) is 1. The Kier molecular flexibility index (Phi) is 3.48. The Balaban J connectivity index is 2.31. The van der Waals surface area contributed by atoms with Crippen molar-refractivity contribution in [1.29, 1.82) is 0 Å². The van der Waals surface area contributed by atoms with Crippen LogP contribution in [0, 0.1) is 5.92 Å². The topological polar surface area (TPSA) is 29.4 Å². The van der Waals surface area contributed by atoms with Crippen LogP contribution in [0.25, 0.3) is 0 Å². The predicted molar refractivity (Wildman–Crippen MR) is 73.6 cm³/mol. The van der Waals surface area contributed by atoms with Crippen LogP contribution in [0.4, 0.5) is 0 Å². The average Bonchev–Trinajstić information content (AvgIpc) is 3.09. The monoisotopic (exact) mass is 249 g/mol. The van der Waals surface area contributed by atoms with Crippen LogP contribution in [0.2, 0.25) is 0 Å².